The second-order valence-electron chi connectivity index (χ2n) is 6.78. The zero-order valence-corrected chi connectivity index (χ0v) is 17.0. The lowest BCUT2D eigenvalue weighted by molar-refractivity contribution is 0.629. The van der Waals surface area contributed by atoms with Crippen molar-refractivity contribution in [3.63, 3.8) is 0 Å². The lowest BCUT2D eigenvalue weighted by Gasteiger charge is -2.05. The first kappa shape index (κ1) is 18.4. The molecule has 0 atom stereocenters. The first-order chi connectivity index (χ1) is 14.6. The van der Waals surface area contributed by atoms with E-state index in [2.05, 4.69) is 25.5 Å². The third kappa shape index (κ3) is 3.22. The Labute approximate surface area is 175 Å². The molecule has 0 N–H and O–H groups in total. The van der Waals surface area contributed by atoms with E-state index in [4.69, 9.17) is 0 Å². The smallest absolute Gasteiger partial charge is 0.197 e. The van der Waals surface area contributed by atoms with Gasteiger partial charge >= 0.3 is 0 Å². The highest BCUT2D eigenvalue weighted by Gasteiger charge is 2.16. The van der Waals surface area contributed by atoms with Gasteiger partial charge in [-0.3, -0.25) is 0 Å². The molecular formula is C21H16FN7S. The van der Waals surface area contributed by atoms with Crippen LogP contribution in [-0.4, -0.2) is 34.6 Å². The van der Waals surface area contributed by atoms with Crippen LogP contribution in [0, 0.1) is 12.7 Å². The van der Waals surface area contributed by atoms with E-state index in [0.717, 1.165) is 11.4 Å². The maximum atomic E-state index is 14.2. The van der Waals surface area contributed by atoms with Crippen LogP contribution < -0.4 is 0 Å². The molecule has 5 rings (SSSR count). The van der Waals surface area contributed by atoms with Crippen molar-refractivity contribution < 1.29 is 4.39 Å². The fourth-order valence-electron chi connectivity index (χ4n) is 3.09. The number of halogens is 1. The molecule has 0 bridgehead atoms. The third-order valence-electron chi connectivity index (χ3n) is 4.69. The van der Waals surface area contributed by atoms with E-state index in [9.17, 15) is 4.39 Å². The van der Waals surface area contributed by atoms with Gasteiger partial charge in [-0.05, 0) is 43.0 Å². The van der Waals surface area contributed by atoms with Crippen molar-refractivity contribution in [2.45, 2.75) is 17.1 Å². The molecule has 0 amide bonds. The van der Waals surface area contributed by atoms with Crippen molar-refractivity contribution in [2.24, 2.45) is 7.05 Å². The van der Waals surface area contributed by atoms with Crippen molar-refractivity contribution in [3.05, 3.63) is 72.0 Å². The maximum Gasteiger partial charge on any atom is 0.197 e. The van der Waals surface area contributed by atoms with E-state index >= 15 is 0 Å². The number of rotatable bonds is 4. The van der Waals surface area contributed by atoms with Crippen LogP contribution in [0.5, 0.6) is 0 Å². The first-order valence-electron chi connectivity index (χ1n) is 9.22. The van der Waals surface area contributed by atoms with Gasteiger partial charge in [-0.15, -0.1) is 20.4 Å². The third-order valence-corrected chi connectivity index (χ3v) is 5.66. The number of aryl methyl sites for hydroxylation is 1. The summed E-state index contributed by atoms with van der Waals surface area (Å²) < 4.78 is 17.7. The molecule has 0 saturated heterocycles. The van der Waals surface area contributed by atoms with Crippen molar-refractivity contribution >= 4 is 17.4 Å². The van der Waals surface area contributed by atoms with Crippen LogP contribution in [0.3, 0.4) is 0 Å². The van der Waals surface area contributed by atoms with Crippen LogP contribution >= 0.6 is 11.8 Å². The number of benzene rings is 2. The highest BCUT2D eigenvalue weighted by Crippen LogP contribution is 2.28. The Hall–Kier alpha value is -3.59. The predicted molar refractivity (Wildman–Crippen MR) is 111 cm³/mol. The molecule has 2 aromatic carbocycles. The van der Waals surface area contributed by atoms with Crippen LogP contribution in [0.25, 0.3) is 28.4 Å². The van der Waals surface area contributed by atoms with E-state index in [1.807, 2.05) is 48.9 Å². The number of hydrogen-bond acceptors (Lipinski definition) is 6. The molecule has 30 heavy (non-hydrogen) atoms. The molecule has 0 aliphatic heterocycles. The van der Waals surface area contributed by atoms with Gasteiger partial charge in [0.25, 0.3) is 0 Å². The van der Waals surface area contributed by atoms with Gasteiger partial charge in [0.1, 0.15) is 10.8 Å². The summed E-state index contributed by atoms with van der Waals surface area (Å²) in [6.07, 6.45) is 0. The van der Waals surface area contributed by atoms with Crippen molar-refractivity contribution in [1.29, 1.82) is 0 Å². The molecule has 0 saturated carbocycles. The van der Waals surface area contributed by atoms with Gasteiger partial charge in [-0.25, -0.2) is 4.39 Å². The maximum absolute atomic E-state index is 14.2. The molecule has 5 aromatic rings. The first-order valence-corrected chi connectivity index (χ1v) is 10.0. The average molecular weight is 417 g/mol. The fourth-order valence-corrected chi connectivity index (χ4v) is 3.84. The van der Waals surface area contributed by atoms with Gasteiger partial charge in [0.2, 0.25) is 0 Å². The summed E-state index contributed by atoms with van der Waals surface area (Å²) in [7, 11) is 1.92. The van der Waals surface area contributed by atoms with Gasteiger partial charge in [-0.1, -0.05) is 42.0 Å². The van der Waals surface area contributed by atoms with E-state index < -0.39 is 0 Å². The molecule has 0 radical (unpaired) electrons. The monoisotopic (exact) mass is 417 g/mol. The molecule has 9 heteroatoms. The Morgan fingerprint density at radius 3 is 2.40 bits per heavy atom. The minimum atomic E-state index is -0.373. The van der Waals surface area contributed by atoms with Crippen molar-refractivity contribution in [2.75, 3.05) is 0 Å². The summed E-state index contributed by atoms with van der Waals surface area (Å²) in [5.74, 6) is 0.751. The van der Waals surface area contributed by atoms with E-state index in [1.165, 1.54) is 27.9 Å². The van der Waals surface area contributed by atoms with Crippen LogP contribution in [0.2, 0.25) is 0 Å². The van der Waals surface area contributed by atoms with Gasteiger partial charge in [0.05, 0.1) is 5.56 Å². The molecule has 3 heterocycles. The standard InChI is InChI=1S/C21H16FN7S/c1-13-7-9-14(10-8-13)19-24-26-21(28(19)2)30-18-12-11-17-23-25-20(29(17)27-18)15-5-3-4-6-16(15)22/h3-12H,1-2H3. The highest BCUT2D eigenvalue weighted by atomic mass is 32.2. The molecule has 0 aliphatic carbocycles. The summed E-state index contributed by atoms with van der Waals surface area (Å²) >= 11 is 1.37. The minimum absolute atomic E-state index is 0.347. The molecular weight excluding hydrogens is 401 g/mol. The Balaban J connectivity index is 1.50. The lowest BCUT2D eigenvalue weighted by atomic mass is 10.1. The van der Waals surface area contributed by atoms with Crippen molar-refractivity contribution in [1.82, 2.24) is 34.6 Å². The van der Waals surface area contributed by atoms with E-state index in [0.29, 0.717) is 27.2 Å². The number of fused-ring (bicyclic) bond motifs is 1. The molecule has 0 spiro atoms. The zero-order chi connectivity index (χ0) is 20.7. The Morgan fingerprint density at radius 1 is 0.833 bits per heavy atom. The Morgan fingerprint density at radius 2 is 1.60 bits per heavy atom. The molecule has 0 aliphatic rings. The second kappa shape index (κ2) is 7.34. The summed E-state index contributed by atoms with van der Waals surface area (Å²) in [6.45, 7) is 2.05. The summed E-state index contributed by atoms with van der Waals surface area (Å²) in [5, 5.41) is 22.8. The summed E-state index contributed by atoms with van der Waals surface area (Å²) in [4.78, 5) is 0. The van der Waals surface area contributed by atoms with E-state index in [-0.39, 0.29) is 5.82 Å². The quantitative estimate of drug-likeness (QED) is 0.437. The van der Waals surface area contributed by atoms with Crippen LogP contribution in [-0.2, 0) is 7.05 Å². The number of hydrogen-bond donors (Lipinski definition) is 0. The SMILES string of the molecule is Cc1ccc(-c2nnc(Sc3ccc4nnc(-c5ccccc5F)n4n3)n2C)cc1. The zero-order valence-electron chi connectivity index (χ0n) is 16.2. The Kier molecular flexibility index (Phi) is 4.51. The minimum Gasteiger partial charge on any atom is -0.305 e. The lowest BCUT2D eigenvalue weighted by Crippen LogP contribution is -1.99. The highest BCUT2D eigenvalue weighted by molar-refractivity contribution is 7.99. The van der Waals surface area contributed by atoms with Gasteiger partial charge < -0.3 is 4.57 Å². The Bertz CT molecular complexity index is 1360. The van der Waals surface area contributed by atoms with Crippen LogP contribution in [0.15, 0.2) is 70.8 Å². The fraction of sp³-hybridized carbons (Fsp3) is 0.0952. The average Bonchev–Trinajstić information content (AvgIpc) is 3.33. The number of nitrogens with zero attached hydrogens (tertiary/aromatic N) is 7. The second-order valence-corrected chi connectivity index (χ2v) is 7.77. The summed E-state index contributed by atoms with van der Waals surface area (Å²) in [5.41, 5.74) is 3.06. The molecule has 148 valence electrons. The topological polar surface area (TPSA) is 73.8 Å². The van der Waals surface area contributed by atoms with Gasteiger partial charge in [0.15, 0.2) is 22.5 Å². The summed E-state index contributed by atoms with van der Waals surface area (Å²) in [6, 6.07) is 18.2. The van der Waals surface area contributed by atoms with Gasteiger partial charge in [0, 0.05) is 12.6 Å². The molecule has 0 fully saturated rings. The van der Waals surface area contributed by atoms with Gasteiger partial charge in [-0.2, -0.15) is 9.61 Å². The van der Waals surface area contributed by atoms with E-state index in [1.54, 1.807) is 24.3 Å². The normalized spacial score (nSPS) is 11.3. The predicted octanol–water partition coefficient (Wildman–Crippen LogP) is 4.19. The van der Waals surface area contributed by atoms with Crippen LogP contribution in [0.1, 0.15) is 5.56 Å². The van der Waals surface area contributed by atoms with Crippen LogP contribution in [0.4, 0.5) is 4.39 Å². The van der Waals surface area contributed by atoms with Crippen molar-refractivity contribution in [3.8, 4) is 22.8 Å². The number of aromatic nitrogens is 7. The molecule has 0 unspecified atom stereocenters. The largest absolute Gasteiger partial charge is 0.305 e. The molecule has 3 aromatic heterocycles. The molecule has 7 nitrogen and oxygen atoms in total.